The molecule has 1 aromatic heterocycles. The van der Waals surface area contributed by atoms with E-state index in [4.69, 9.17) is 0 Å². The number of carbonyl (C=O) groups excluding carboxylic acids is 1. The number of urea groups is 1. The van der Waals surface area contributed by atoms with E-state index in [2.05, 4.69) is 20.5 Å². The highest BCUT2D eigenvalue weighted by Gasteiger charge is 2.24. The fourth-order valence-corrected chi connectivity index (χ4v) is 2.02. The van der Waals surface area contributed by atoms with Crippen molar-refractivity contribution in [1.29, 1.82) is 0 Å². The first-order valence-electron chi connectivity index (χ1n) is 6.00. The molecule has 1 aromatic rings. The number of amides is 2. The standard InChI is InChI=1S/C12H18N4O/c1-2-13-12(17)15-10-6-8-16(9-10)11-5-3-4-7-14-11/h3-5,7,10H,2,6,8-9H2,1H3,(H2,13,15,17). The molecule has 5 nitrogen and oxygen atoms in total. The average Bonchev–Trinajstić information content (AvgIpc) is 2.79. The molecule has 0 bridgehead atoms. The van der Waals surface area contributed by atoms with Crippen molar-refractivity contribution in [3.05, 3.63) is 24.4 Å². The normalized spacial score (nSPS) is 19.1. The number of pyridine rings is 1. The van der Waals surface area contributed by atoms with E-state index in [1.54, 1.807) is 6.20 Å². The molecule has 92 valence electrons. The third-order valence-electron chi connectivity index (χ3n) is 2.83. The largest absolute Gasteiger partial charge is 0.354 e. The number of rotatable bonds is 3. The van der Waals surface area contributed by atoms with E-state index in [1.165, 1.54) is 0 Å². The fraction of sp³-hybridized carbons (Fsp3) is 0.500. The van der Waals surface area contributed by atoms with Gasteiger partial charge in [0.05, 0.1) is 0 Å². The molecule has 1 fully saturated rings. The summed E-state index contributed by atoms with van der Waals surface area (Å²) in [5, 5.41) is 5.70. The lowest BCUT2D eigenvalue weighted by Gasteiger charge is -2.17. The molecule has 1 atom stereocenters. The lowest BCUT2D eigenvalue weighted by atomic mass is 10.3. The maximum atomic E-state index is 11.4. The first kappa shape index (κ1) is 11.7. The Balaban J connectivity index is 1.86. The summed E-state index contributed by atoms with van der Waals surface area (Å²) < 4.78 is 0. The van der Waals surface area contributed by atoms with E-state index in [9.17, 15) is 4.79 Å². The smallest absolute Gasteiger partial charge is 0.315 e. The highest BCUT2D eigenvalue weighted by atomic mass is 16.2. The number of aromatic nitrogens is 1. The van der Waals surface area contributed by atoms with Crippen molar-refractivity contribution in [3.8, 4) is 0 Å². The van der Waals surface area contributed by atoms with Crippen molar-refractivity contribution in [2.45, 2.75) is 19.4 Å². The van der Waals surface area contributed by atoms with Gasteiger partial charge in [0.25, 0.3) is 0 Å². The van der Waals surface area contributed by atoms with E-state index < -0.39 is 0 Å². The summed E-state index contributed by atoms with van der Waals surface area (Å²) in [6.07, 6.45) is 2.76. The molecule has 2 rings (SSSR count). The predicted octanol–water partition coefficient (Wildman–Crippen LogP) is 0.979. The van der Waals surface area contributed by atoms with Crippen LogP contribution in [-0.4, -0.2) is 36.7 Å². The van der Waals surface area contributed by atoms with Crippen LogP contribution in [0.15, 0.2) is 24.4 Å². The molecule has 2 amide bonds. The zero-order valence-corrected chi connectivity index (χ0v) is 10.0. The van der Waals surface area contributed by atoms with Crippen LogP contribution in [0.1, 0.15) is 13.3 Å². The Morgan fingerprint density at radius 2 is 2.47 bits per heavy atom. The van der Waals surface area contributed by atoms with Gasteiger partial charge in [-0.3, -0.25) is 0 Å². The molecule has 1 unspecified atom stereocenters. The van der Waals surface area contributed by atoms with E-state index in [1.807, 2.05) is 25.1 Å². The highest BCUT2D eigenvalue weighted by Crippen LogP contribution is 2.16. The lowest BCUT2D eigenvalue weighted by Crippen LogP contribution is -2.43. The second kappa shape index (κ2) is 5.52. The van der Waals surface area contributed by atoms with Gasteiger partial charge in [-0.15, -0.1) is 0 Å². The maximum absolute atomic E-state index is 11.4. The molecule has 0 spiro atoms. The van der Waals surface area contributed by atoms with Gasteiger partial charge in [0.15, 0.2) is 0 Å². The molecule has 1 saturated heterocycles. The zero-order chi connectivity index (χ0) is 12.1. The lowest BCUT2D eigenvalue weighted by molar-refractivity contribution is 0.238. The minimum atomic E-state index is -0.0830. The quantitative estimate of drug-likeness (QED) is 0.819. The van der Waals surface area contributed by atoms with Gasteiger partial charge >= 0.3 is 6.03 Å². The molecular weight excluding hydrogens is 216 g/mol. The Hall–Kier alpha value is -1.78. The molecule has 2 N–H and O–H groups in total. The molecule has 1 aliphatic heterocycles. The SMILES string of the molecule is CCNC(=O)NC1CCN(c2ccccn2)C1. The van der Waals surface area contributed by atoms with Crippen molar-refractivity contribution >= 4 is 11.8 Å². The molecule has 0 aliphatic carbocycles. The Morgan fingerprint density at radius 3 is 3.18 bits per heavy atom. The Labute approximate surface area is 101 Å². The van der Waals surface area contributed by atoms with Crippen molar-refractivity contribution in [2.24, 2.45) is 0 Å². The average molecular weight is 234 g/mol. The van der Waals surface area contributed by atoms with Crippen molar-refractivity contribution in [3.63, 3.8) is 0 Å². The van der Waals surface area contributed by atoms with Gasteiger partial charge in [0.2, 0.25) is 0 Å². The second-order valence-electron chi connectivity index (χ2n) is 4.12. The Bertz CT molecular complexity index is 368. The molecule has 2 heterocycles. The minimum absolute atomic E-state index is 0.0830. The minimum Gasteiger partial charge on any atom is -0.354 e. The van der Waals surface area contributed by atoms with E-state index in [0.717, 1.165) is 25.3 Å². The summed E-state index contributed by atoms with van der Waals surface area (Å²) in [5.74, 6) is 0.979. The van der Waals surface area contributed by atoms with Crippen LogP contribution in [0, 0.1) is 0 Å². The van der Waals surface area contributed by atoms with Gasteiger partial charge in [-0.05, 0) is 25.5 Å². The number of anilines is 1. The predicted molar refractivity (Wildman–Crippen MR) is 67.1 cm³/mol. The molecular formula is C12H18N4O. The molecule has 0 aromatic carbocycles. The van der Waals surface area contributed by atoms with Gasteiger partial charge in [0, 0.05) is 31.9 Å². The summed E-state index contributed by atoms with van der Waals surface area (Å²) in [6.45, 7) is 4.33. The van der Waals surface area contributed by atoms with Gasteiger partial charge in [-0.1, -0.05) is 6.07 Å². The number of nitrogens with zero attached hydrogens (tertiary/aromatic N) is 2. The second-order valence-corrected chi connectivity index (χ2v) is 4.12. The highest BCUT2D eigenvalue weighted by molar-refractivity contribution is 5.74. The molecule has 5 heteroatoms. The Morgan fingerprint density at radius 1 is 1.59 bits per heavy atom. The number of hydrogen-bond donors (Lipinski definition) is 2. The monoisotopic (exact) mass is 234 g/mol. The maximum Gasteiger partial charge on any atom is 0.315 e. The van der Waals surface area contributed by atoms with Crippen molar-refractivity contribution < 1.29 is 4.79 Å². The number of nitrogens with one attached hydrogen (secondary N) is 2. The van der Waals surface area contributed by atoms with Gasteiger partial charge < -0.3 is 15.5 Å². The Kier molecular flexibility index (Phi) is 3.80. The molecule has 17 heavy (non-hydrogen) atoms. The zero-order valence-electron chi connectivity index (χ0n) is 10.0. The van der Waals surface area contributed by atoms with Gasteiger partial charge in [-0.25, -0.2) is 9.78 Å². The van der Waals surface area contributed by atoms with Gasteiger partial charge in [0.1, 0.15) is 5.82 Å². The summed E-state index contributed by atoms with van der Waals surface area (Å²) in [5.41, 5.74) is 0. The third kappa shape index (κ3) is 3.09. The topological polar surface area (TPSA) is 57.3 Å². The van der Waals surface area contributed by atoms with Crippen LogP contribution in [0.5, 0.6) is 0 Å². The van der Waals surface area contributed by atoms with Crippen LogP contribution >= 0.6 is 0 Å². The number of carbonyl (C=O) groups is 1. The molecule has 0 radical (unpaired) electrons. The number of hydrogen-bond acceptors (Lipinski definition) is 3. The first-order chi connectivity index (χ1) is 8.29. The van der Waals surface area contributed by atoms with Crippen LogP contribution in [-0.2, 0) is 0 Å². The summed E-state index contributed by atoms with van der Waals surface area (Å²) >= 11 is 0. The summed E-state index contributed by atoms with van der Waals surface area (Å²) in [7, 11) is 0. The summed E-state index contributed by atoms with van der Waals surface area (Å²) in [6, 6.07) is 6.01. The third-order valence-corrected chi connectivity index (χ3v) is 2.83. The van der Waals surface area contributed by atoms with Crippen LogP contribution in [0.25, 0.3) is 0 Å². The fourth-order valence-electron chi connectivity index (χ4n) is 2.02. The molecule has 1 aliphatic rings. The van der Waals surface area contributed by atoms with Crippen LogP contribution in [0.3, 0.4) is 0 Å². The van der Waals surface area contributed by atoms with Crippen LogP contribution in [0.4, 0.5) is 10.6 Å². The van der Waals surface area contributed by atoms with E-state index in [0.29, 0.717) is 6.54 Å². The van der Waals surface area contributed by atoms with E-state index >= 15 is 0 Å². The summed E-state index contributed by atoms with van der Waals surface area (Å²) in [4.78, 5) is 17.9. The first-order valence-corrected chi connectivity index (χ1v) is 6.00. The van der Waals surface area contributed by atoms with E-state index in [-0.39, 0.29) is 12.1 Å². The van der Waals surface area contributed by atoms with Crippen LogP contribution < -0.4 is 15.5 Å². The van der Waals surface area contributed by atoms with Crippen LogP contribution in [0.2, 0.25) is 0 Å². The van der Waals surface area contributed by atoms with Gasteiger partial charge in [-0.2, -0.15) is 0 Å². The van der Waals surface area contributed by atoms with Crippen molar-refractivity contribution in [1.82, 2.24) is 15.6 Å². The molecule has 0 saturated carbocycles. The van der Waals surface area contributed by atoms with Crippen molar-refractivity contribution in [2.75, 3.05) is 24.5 Å².